The molecular formula is C82H125N10O39P. The number of nitro groups is 1. The molecule has 1 unspecified atom stereocenters. The molecule has 50 heteroatoms. The van der Waals surface area contributed by atoms with Gasteiger partial charge in [-0.15, -0.1) is 5.10 Å². The minimum Gasteiger partial charge on any atom is -0.481 e. The highest BCUT2D eigenvalue weighted by Crippen LogP contribution is 2.49. The van der Waals surface area contributed by atoms with E-state index in [9.17, 15) is 119 Å². The average molecular weight is 1910 g/mol. The molecule has 5 saturated heterocycles. The summed E-state index contributed by atoms with van der Waals surface area (Å²) in [6, 6.07) is -1.37. The lowest BCUT2D eigenvalue weighted by Gasteiger charge is -2.52. The number of aliphatic hydroxyl groups is 10. The highest BCUT2D eigenvalue weighted by atomic mass is 31.2. The first kappa shape index (κ1) is 110. The average Bonchev–Trinajstić information content (AvgIpc) is 1.21. The molecule has 5 aliphatic rings. The smallest absolute Gasteiger partial charge is 0.474 e. The molecule has 5 fully saturated rings. The van der Waals surface area contributed by atoms with Crippen LogP contribution in [-0.2, 0) is 99.2 Å². The lowest BCUT2D eigenvalue weighted by atomic mass is 9.85. The van der Waals surface area contributed by atoms with E-state index in [1.807, 2.05) is 6.08 Å². The predicted molar refractivity (Wildman–Crippen MR) is 451 cm³/mol. The van der Waals surface area contributed by atoms with Crippen molar-refractivity contribution in [3.8, 4) is 5.69 Å². The number of hydrogen-bond acceptors (Lipinski definition) is 39. The number of phosphoric acid groups is 1. The molecule has 0 bridgehead atoms. The first-order valence-electron chi connectivity index (χ1n) is 42.4. The van der Waals surface area contributed by atoms with E-state index < -0.39 is 275 Å². The number of carbonyl (C=O) groups excluding carboxylic acids is 6. The zero-order chi connectivity index (χ0) is 98.1. The summed E-state index contributed by atoms with van der Waals surface area (Å²) in [6.45, 7) is 16.9. The van der Waals surface area contributed by atoms with Gasteiger partial charge in [0.05, 0.1) is 76.0 Å². The lowest BCUT2D eigenvalue weighted by molar-refractivity contribution is -0.385. The molecule has 0 spiro atoms. The molecule has 5 amide bonds. The summed E-state index contributed by atoms with van der Waals surface area (Å²) in [5.41, 5.74) is 16.2. The number of carboxylic acids is 2. The van der Waals surface area contributed by atoms with Crippen molar-refractivity contribution in [3.63, 3.8) is 0 Å². The van der Waals surface area contributed by atoms with Gasteiger partial charge in [-0.2, -0.15) is 0 Å². The number of benzene rings is 1. The number of nitrogens with zero attached hydrogens (tertiary/aromatic N) is 4. The number of allylic oxidation sites excluding steroid dienone is 8. The number of phosphoric ester groups is 1. The number of nitrogens with two attached hydrogens (primary N) is 3. The van der Waals surface area contributed by atoms with E-state index in [0.717, 1.165) is 86.9 Å². The van der Waals surface area contributed by atoms with Crippen LogP contribution in [0.5, 0.6) is 0 Å². The van der Waals surface area contributed by atoms with Gasteiger partial charge in [0.1, 0.15) is 103 Å². The number of primary amides is 2. The maximum Gasteiger partial charge on any atom is 0.474 e. The quantitative estimate of drug-likeness (QED) is 0.00881. The number of Topliss-reactive ketones (excluding diaryl/α,β-unsaturated/α-hetero) is 1. The first-order chi connectivity index (χ1) is 62.0. The third kappa shape index (κ3) is 31.5. The van der Waals surface area contributed by atoms with Crippen molar-refractivity contribution >= 4 is 61.0 Å². The van der Waals surface area contributed by atoms with Crippen molar-refractivity contribution in [3.05, 3.63) is 105 Å². The number of carbonyl (C=O) groups is 8. The fourth-order valence-corrected chi connectivity index (χ4v) is 15.4. The van der Waals surface area contributed by atoms with Gasteiger partial charge in [0.2, 0.25) is 29.3 Å². The van der Waals surface area contributed by atoms with Crippen molar-refractivity contribution in [2.24, 2.45) is 22.6 Å². The lowest BCUT2D eigenvalue weighted by Crippen LogP contribution is -2.72. The van der Waals surface area contributed by atoms with Crippen LogP contribution in [-0.4, -0.2) is 352 Å². The van der Waals surface area contributed by atoms with Gasteiger partial charge in [-0.1, -0.05) is 73.1 Å². The zero-order valence-corrected chi connectivity index (χ0v) is 75.5. The van der Waals surface area contributed by atoms with E-state index in [-0.39, 0.29) is 57.2 Å². The molecule has 0 aliphatic carbocycles. The van der Waals surface area contributed by atoms with Crippen molar-refractivity contribution < 1.29 is 185 Å². The van der Waals surface area contributed by atoms with Gasteiger partial charge in [0.25, 0.3) is 11.6 Å². The van der Waals surface area contributed by atoms with Crippen LogP contribution in [0.2, 0.25) is 0 Å². The summed E-state index contributed by atoms with van der Waals surface area (Å²) in [5.74, 6) is -10.3. The SMILES string of the molecule is C=C(C/C=C(\C)CCC=C(C)C)CCC(C)(C)/C=C/CC/C(C)=C\CO[C@@H](COP(=O)(O)O[C@H]1O[C@H](C(N)=O)[C@@](C)(O)[C@H](OC(N)=O)[C@H]1O[C@@H]1O[C@H](CO[C@@H]2O[C@H](CO)[C@@H](O)[C@H](O)[C@H]2O)[C@@H](O[C@@H]2O[C@H](C)[C@@H](O[C@@H]3O[C@H](c4nc(C(=O)CCC(=O)O)nn4-c4ccc([N+](=O)[O-])c(C(=O)NCCOCCOCCN)c4)[C@H](O)[C@H](O)[C@H]3O)[C@H](O)[C@H]2NC(C)=O)[C@H](O)[C@H]1NC(C)=O)C(=O)O. The summed E-state index contributed by atoms with van der Waals surface area (Å²) in [7, 11) is -5.91. The number of carboxylic acid groups (broad SMARTS) is 2. The number of hydrogen-bond donors (Lipinski definition) is 19. The van der Waals surface area contributed by atoms with Gasteiger partial charge in [0, 0.05) is 39.4 Å². The highest BCUT2D eigenvalue weighted by Gasteiger charge is 2.63. The molecule has 22 N–H and O–H groups in total. The monoisotopic (exact) mass is 1900 g/mol. The molecule has 49 nitrogen and oxygen atoms in total. The van der Waals surface area contributed by atoms with Crippen molar-refractivity contribution in [2.45, 2.75) is 286 Å². The molecule has 0 saturated carbocycles. The number of nitrogens with one attached hydrogen (secondary N) is 3. The second-order valence-corrected chi connectivity index (χ2v) is 34.8. The Labute approximate surface area is 758 Å². The third-order valence-electron chi connectivity index (χ3n) is 21.8. The Morgan fingerprint density at radius 2 is 1.33 bits per heavy atom. The highest BCUT2D eigenvalue weighted by molar-refractivity contribution is 7.47. The molecule has 27 atom stereocenters. The van der Waals surface area contributed by atoms with E-state index in [1.54, 1.807) is 13.0 Å². The first-order valence-corrected chi connectivity index (χ1v) is 43.9. The van der Waals surface area contributed by atoms with Gasteiger partial charge in [-0.3, -0.25) is 47.9 Å². The topological polar surface area (TPSA) is 743 Å². The summed E-state index contributed by atoms with van der Waals surface area (Å²) in [4.78, 5) is 132. The van der Waals surface area contributed by atoms with E-state index >= 15 is 0 Å². The number of ketones is 1. The molecule has 7 rings (SSSR count). The number of ether oxygens (including phenoxy) is 13. The summed E-state index contributed by atoms with van der Waals surface area (Å²) in [5, 5.41) is 159. The normalized spacial score (nSPS) is 30.7. The van der Waals surface area contributed by atoms with Gasteiger partial charge in [-0.05, 0) is 104 Å². The standard InChI is InChI=1S/C82H125N10O39P/c1-39(2)15-14-17-40(3)18-19-42(5)24-27-81(9,10)26-13-12-16-41(4)25-30-119-52(74(109)110)38-121-132(115,116)131-79-67(68(130-80(85)111)82(11,112)69(129-79)70(84)107)128-76-55(88-45(8)95)58(101)65(51(124-76)37-120-77-62(105)59(102)56(99)50(36-93)123-77)126-75-54(87-44(7)94)57(100)64(43(6)122-75)125-78-63(106)60(103)61(104)66(127-78)72-89-71(49(96)22-23-53(97)98)90-91(72)46-20-21-48(92(113)114)47(35-46)73(108)86-29-32-118-34-33-117-31-28-83/h13,15,18,20-21,25-26,35,43,50-52,54-69,75-79,93,99-106,112H,5,12,14,16-17,19,22-24,27-34,36-38,83H2,1-4,6-11H3,(H2,84,107)(H2,85,111)(H,86,108)(H,87,94)(H,88,95)(H,97,98)(H,109,110)(H,115,116)/b26-13+,40-18+,41-25-/t43-,50-,51-,52+,54-,55-,56-,57-,58-,59+,60+,61-,62-,63-,64-,65-,66+,67-,68-,69-,75+,76+,77-,78-,79-,82+/m1/s1. The predicted octanol–water partition coefficient (Wildman–Crippen LogP) is -1.65. The molecule has 6 heterocycles. The Morgan fingerprint density at radius 1 is 0.727 bits per heavy atom. The van der Waals surface area contributed by atoms with Gasteiger partial charge in [-0.25, -0.2) is 23.8 Å². The second kappa shape index (κ2) is 50.8. The zero-order valence-electron chi connectivity index (χ0n) is 74.6. The van der Waals surface area contributed by atoms with E-state index in [1.165, 1.54) is 18.1 Å². The van der Waals surface area contributed by atoms with Crippen LogP contribution < -0.4 is 33.2 Å². The Balaban J connectivity index is 1.17. The van der Waals surface area contributed by atoms with Crippen LogP contribution >= 0.6 is 7.82 Å². The Bertz CT molecular complexity index is 4410. The number of aromatic nitrogens is 3. The van der Waals surface area contributed by atoms with Crippen molar-refractivity contribution in [1.82, 2.24) is 30.7 Å². The van der Waals surface area contributed by atoms with Gasteiger partial charge < -0.3 is 161 Å². The number of aliphatic carboxylic acids is 2. The van der Waals surface area contributed by atoms with Crippen LogP contribution in [0.3, 0.4) is 0 Å². The molecule has 5 aliphatic heterocycles. The molecular weight excluding hydrogens is 1780 g/mol. The molecule has 742 valence electrons. The van der Waals surface area contributed by atoms with E-state index in [2.05, 4.69) is 85.5 Å². The van der Waals surface area contributed by atoms with Crippen LogP contribution in [0.1, 0.15) is 160 Å². The summed E-state index contributed by atoms with van der Waals surface area (Å²) >= 11 is 0. The molecule has 0 radical (unpaired) electrons. The van der Waals surface area contributed by atoms with Gasteiger partial charge >= 0.3 is 25.9 Å². The Morgan fingerprint density at radius 3 is 1.95 bits per heavy atom. The van der Waals surface area contributed by atoms with Crippen LogP contribution in [0, 0.1) is 15.5 Å². The minimum atomic E-state index is -5.91. The largest absolute Gasteiger partial charge is 0.481 e. The Kier molecular flexibility index (Phi) is 42.5. The number of amides is 5. The number of nitro benzene ring substituents is 1. The molecule has 1 aromatic heterocycles. The Hall–Kier alpha value is -8.59. The van der Waals surface area contributed by atoms with Crippen LogP contribution in [0.15, 0.2) is 77.5 Å². The number of rotatable bonds is 51. The van der Waals surface area contributed by atoms with E-state index in [0.29, 0.717) is 12.8 Å². The second-order valence-electron chi connectivity index (χ2n) is 33.4. The maximum atomic E-state index is 14.2. The van der Waals surface area contributed by atoms with Crippen molar-refractivity contribution in [2.75, 3.05) is 65.9 Å². The molecule has 132 heavy (non-hydrogen) atoms. The van der Waals surface area contributed by atoms with Gasteiger partial charge in [0.15, 0.2) is 61.7 Å². The van der Waals surface area contributed by atoms with Crippen LogP contribution in [0.4, 0.5) is 10.5 Å². The molecule has 1 aromatic carbocycles. The fourth-order valence-electron chi connectivity index (χ4n) is 14.5. The number of aliphatic hydroxyl groups excluding tert-OH is 9. The fraction of sp³-hybridized carbons (Fsp3) is 0.683. The summed E-state index contributed by atoms with van der Waals surface area (Å²) < 4.78 is 102. The summed E-state index contributed by atoms with van der Waals surface area (Å²) in [6.07, 6.45) is -38.6. The minimum absolute atomic E-state index is 0.0868. The maximum absolute atomic E-state index is 14.2. The molecule has 2 aromatic rings. The van der Waals surface area contributed by atoms with Crippen molar-refractivity contribution in [1.29, 1.82) is 0 Å². The van der Waals surface area contributed by atoms with E-state index in [4.69, 9.17) is 87.8 Å². The third-order valence-corrected chi connectivity index (χ3v) is 22.7. The van der Waals surface area contributed by atoms with Crippen LogP contribution in [0.25, 0.3) is 5.69 Å².